The lowest BCUT2D eigenvalue weighted by molar-refractivity contribution is -0.164. The molecule has 2 bridgehead atoms. The molecule has 5 aliphatic rings. The number of hydrogen-bond acceptors (Lipinski definition) is 6. The molecule has 6 heteroatoms. The zero-order valence-corrected chi connectivity index (χ0v) is 16.4. The Balaban J connectivity index is 1.64. The van der Waals surface area contributed by atoms with Crippen LogP contribution in [-0.2, 0) is 20.7 Å². The number of benzene rings is 1. The van der Waals surface area contributed by atoms with Gasteiger partial charge in [0, 0.05) is 30.7 Å². The summed E-state index contributed by atoms with van der Waals surface area (Å²) < 4.78 is 11.5. The number of methoxy groups -OCH3 is 1. The van der Waals surface area contributed by atoms with E-state index in [9.17, 15) is 9.90 Å². The number of rotatable bonds is 1. The van der Waals surface area contributed by atoms with Crippen molar-refractivity contribution in [2.24, 2.45) is 10.8 Å². The molecule has 1 N–H and O–H groups in total. The topological polar surface area (TPSA) is 62.2 Å². The van der Waals surface area contributed by atoms with E-state index < -0.39 is 5.41 Å². The highest BCUT2D eigenvalue weighted by Crippen LogP contribution is 2.65. The highest BCUT2D eigenvalue weighted by Gasteiger charge is 2.71. The van der Waals surface area contributed by atoms with E-state index in [1.54, 1.807) is 6.07 Å². The molecule has 4 heterocycles. The molecule has 6 rings (SSSR count). The molecular formula is C22H26N2O4. The van der Waals surface area contributed by atoms with Gasteiger partial charge in [-0.1, -0.05) is 0 Å². The molecule has 0 radical (unpaired) electrons. The van der Waals surface area contributed by atoms with Crippen LogP contribution in [0.15, 0.2) is 29.3 Å². The summed E-state index contributed by atoms with van der Waals surface area (Å²) in [6, 6.07) is 6.06. The number of anilines is 1. The van der Waals surface area contributed by atoms with Gasteiger partial charge in [0.2, 0.25) is 0 Å². The number of hydrogen-bond donors (Lipinski definition) is 1. The van der Waals surface area contributed by atoms with Crippen molar-refractivity contribution in [3.8, 4) is 5.75 Å². The van der Waals surface area contributed by atoms with Crippen molar-refractivity contribution in [1.82, 2.24) is 4.90 Å². The highest BCUT2D eigenvalue weighted by molar-refractivity contribution is 5.85. The van der Waals surface area contributed by atoms with Gasteiger partial charge in [0.1, 0.15) is 11.2 Å². The van der Waals surface area contributed by atoms with Crippen molar-refractivity contribution in [3.63, 3.8) is 0 Å². The number of fused-ring (bicyclic) bond motifs is 2. The van der Waals surface area contributed by atoms with Crippen LogP contribution in [0.4, 0.5) is 5.69 Å². The molecule has 28 heavy (non-hydrogen) atoms. The summed E-state index contributed by atoms with van der Waals surface area (Å²) >= 11 is 0. The molecular weight excluding hydrogens is 356 g/mol. The average Bonchev–Trinajstić information content (AvgIpc) is 3.05. The smallest absolute Gasteiger partial charge is 0.320 e. The number of carbonyl (C=O) groups excluding carboxylic acids is 1. The molecule has 2 fully saturated rings. The zero-order chi connectivity index (χ0) is 19.3. The van der Waals surface area contributed by atoms with Crippen LogP contribution in [0.5, 0.6) is 5.75 Å². The number of phenolic OH excluding ortho intramolecular Hbond substituents is 1. The van der Waals surface area contributed by atoms with E-state index in [1.807, 2.05) is 12.1 Å². The minimum atomic E-state index is -0.737. The Hall–Kier alpha value is -2.05. The molecule has 4 aliphatic heterocycles. The Bertz CT molecular complexity index is 927. The summed E-state index contributed by atoms with van der Waals surface area (Å²) in [5.74, 6) is 0.153. The molecule has 1 saturated heterocycles. The molecule has 1 aliphatic carbocycles. The van der Waals surface area contributed by atoms with E-state index in [2.05, 4.69) is 16.8 Å². The van der Waals surface area contributed by atoms with Crippen molar-refractivity contribution in [2.45, 2.75) is 31.3 Å². The maximum absolute atomic E-state index is 13.4. The Labute approximate surface area is 164 Å². The van der Waals surface area contributed by atoms with Crippen molar-refractivity contribution < 1.29 is 19.4 Å². The number of esters is 1. The molecule has 0 aromatic heterocycles. The van der Waals surface area contributed by atoms with E-state index >= 15 is 0 Å². The summed E-state index contributed by atoms with van der Waals surface area (Å²) in [4.78, 5) is 18.3. The number of carbonyl (C=O) groups is 1. The Morgan fingerprint density at radius 1 is 1.39 bits per heavy atom. The quantitative estimate of drug-likeness (QED) is 0.590. The van der Waals surface area contributed by atoms with Crippen LogP contribution >= 0.6 is 0 Å². The van der Waals surface area contributed by atoms with Crippen LogP contribution in [0.25, 0.3) is 0 Å². The first kappa shape index (κ1) is 16.9. The third-order valence-electron chi connectivity index (χ3n) is 8.24. The van der Waals surface area contributed by atoms with E-state index in [-0.39, 0.29) is 17.4 Å². The van der Waals surface area contributed by atoms with E-state index in [4.69, 9.17) is 9.47 Å². The summed E-state index contributed by atoms with van der Waals surface area (Å²) in [5.41, 5.74) is 4.06. The van der Waals surface area contributed by atoms with Gasteiger partial charge in [-0.05, 0) is 60.7 Å². The lowest BCUT2D eigenvalue weighted by Gasteiger charge is -2.64. The average molecular weight is 382 g/mol. The Morgan fingerprint density at radius 2 is 2.25 bits per heavy atom. The van der Waals surface area contributed by atoms with Crippen LogP contribution in [0.2, 0.25) is 0 Å². The van der Waals surface area contributed by atoms with Crippen LogP contribution < -0.4 is 4.90 Å². The zero-order valence-electron chi connectivity index (χ0n) is 16.4. The predicted molar refractivity (Wildman–Crippen MR) is 103 cm³/mol. The first-order valence-electron chi connectivity index (χ1n) is 10.2. The molecule has 0 amide bonds. The molecule has 148 valence electrons. The van der Waals surface area contributed by atoms with E-state index in [0.717, 1.165) is 38.0 Å². The third kappa shape index (κ3) is 1.75. The number of nitrogens with zero attached hydrogens (tertiary/aromatic N) is 2. The molecule has 4 unspecified atom stereocenters. The van der Waals surface area contributed by atoms with E-state index in [0.29, 0.717) is 25.0 Å². The SMILES string of the molecule is COC(=O)C12COCC3=C1CC1N(CCC14Cc1cc(O)ccc1N(C)C24)C3. The second kappa shape index (κ2) is 5.30. The minimum Gasteiger partial charge on any atom is -0.508 e. The first-order chi connectivity index (χ1) is 13.5. The lowest BCUT2D eigenvalue weighted by atomic mass is 9.49. The van der Waals surface area contributed by atoms with Gasteiger partial charge < -0.3 is 19.5 Å². The van der Waals surface area contributed by atoms with Gasteiger partial charge in [-0.2, -0.15) is 0 Å². The lowest BCUT2D eigenvalue weighted by Crippen LogP contribution is -2.72. The second-order valence-electron chi connectivity index (χ2n) is 9.21. The molecule has 4 atom stereocenters. The Kier molecular flexibility index (Phi) is 3.19. The molecule has 1 aromatic carbocycles. The second-order valence-corrected chi connectivity index (χ2v) is 9.21. The first-order valence-corrected chi connectivity index (χ1v) is 10.2. The predicted octanol–water partition coefficient (Wildman–Crippen LogP) is 1.72. The number of ether oxygens (including phenoxy) is 2. The fourth-order valence-corrected chi connectivity index (χ4v) is 7.39. The van der Waals surface area contributed by atoms with Gasteiger partial charge >= 0.3 is 5.97 Å². The fraction of sp³-hybridized carbons (Fsp3) is 0.591. The maximum atomic E-state index is 13.4. The maximum Gasteiger partial charge on any atom is 0.320 e. The normalized spacial score (nSPS) is 38.1. The van der Waals surface area contributed by atoms with Gasteiger partial charge in [0.05, 0.1) is 26.4 Å². The largest absolute Gasteiger partial charge is 0.508 e. The Morgan fingerprint density at radius 3 is 3.07 bits per heavy atom. The fourth-order valence-electron chi connectivity index (χ4n) is 7.39. The van der Waals surface area contributed by atoms with Crippen molar-refractivity contribution in [3.05, 3.63) is 34.9 Å². The molecule has 1 spiro atoms. The highest BCUT2D eigenvalue weighted by atomic mass is 16.5. The third-order valence-corrected chi connectivity index (χ3v) is 8.24. The molecule has 1 saturated carbocycles. The van der Waals surface area contributed by atoms with Gasteiger partial charge in [0.15, 0.2) is 0 Å². The van der Waals surface area contributed by atoms with Crippen LogP contribution in [-0.4, -0.2) is 68.5 Å². The van der Waals surface area contributed by atoms with Gasteiger partial charge in [-0.3, -0.25) is 9.69 Å². The monoisotopic (exact) mass is 382 g/mol. The summed E-state index contributed by atoms with van der Waals surface area (Å²) in [7, 11) is 3.61. The van der Waals surface area contributed by atoms with Crippen LogP contribution in [0.1, 0.15) is 18.4 Å². The van der Waals surface area contributed by atoms with Crippen molar-refractivity contribution in [2.75, 3.05) is 45.4 Å². The molecule has 1 aromatic rings. The summed E-state index contributed by atoms with van der Waals surface area (Å²) in [6.45, 7) is 2.99. The standard InChI is InChI=1S/C22H26N2O4/c1-23-17-4-3-15(25)7-13(17)9-21-5-6-24-10-14-11-28-12-22(19(21)23,20(26)27-2)16(14)8-18(21)24/h3-4,7,18-19,25H,5-6,8-12H2,1-2H3. The van der Waals surface area contributed by atoms with Gasteiger partial charge in [-0.15, -0.1) is 0 Å². The number of phenols is 1. The molecule has 6 nitrogen and oxygen atoms in total. The number of aromatic hydroxyl groups is 1. The van der Waals surface area contributed by atoms with Crippen LogP contribution in [0, 0.1) is 10.8 Å². The minimum absolute atomic E-state index is 0.00107. The van der Waals surface area contributed by atoms with Gasteiger partial charge in [-0.25, -0.2) is 0 Å². The van der Waals surface area contributed by atoms with Crippen LogP contribution in [0.3, 0.4) is 0 Å². The summed E-state index contributed by atoms with van der Waals surface area (Å²) in [6.07, 6.45) is 2.88. The summed E-state index contributed by atoms with van der Waals surface area (Å²) in [5, 5.41) is 10.1. The van der Waals surface area contributed by atoms with E-state index in [1.165, 1.54) is 23.8 Å². The van der Waals surface area contributed by atoms with Crippen molar-refractivity contribution in [1.29, 1.82) is 0 Å². The van der Waals surface area contributed by atoms with Crippen molar-refractivity contribution >= 4 is 11.7 Å². The van der Waals surface area contributed by atoms with Gasteiger partial charge in [0.25, 0.3) is 0 Å².